The van der Waals surface area contributed by atoms with E-state index in [4.69, 9.17) is 4.74 Å². The highest BCUT2D eigenvalue weighted by molar-refractivity contribution is 5.88. The van der Waals surface area contributed by atoms with E-state index in [0.29, 0.717) is 44.6 Å². The summed E-state index contributed by atoms with van der Waals surface area (Å²) in [6.07, 6.45) is -0.251. The molecule has 0 radical (unpaired) electrons. The van der Waals surface area contributed by atoms with Gasteiger partial charge in [-0.1, -0.05) is 24.3 Å². The predicted molar refractivity (Wildman–Crippen MR) is 150 cm³/mol. The number of imidazole rings is 1. The Morgan fingerprint density at radius 3 is 2.68 bits per heavy atom. The fourth-order valence-corrected chi connectivity index (χ4v) is 5.49. The van der Waals surface area contributed by atoms with Gasteiger partial charge < -0.3 is 29.4 Å². The summed E-state index contributed by atoms with van der Waals surface area (Å²) in [4.78, 5) is 36.4. The number of aliphatic hydroxyl groups is 1. The third-order valence-electron chi connectivity index (χ3n) is 7.61. The van der Waals surface area contributed by atoms with Crippen LogP contribution in [0.25, 0.3) is 22.2 Å². The number of likely N-dealkylation sites (tertiary alicyclic amines) is 1. The van der Waals surface area contributed by atoms with Crippen LogP contribution >= 0.6 is 0 Å². The Hall–Kier alpha value is -4.64. The first-order valence-corrected chi connectivity index (χ1v) is 13.5. The molecule has 2 aliphatic rings. The molecule has 6 rings (SSSR count). The molecular weight excluding hydrogens is 529 g/mol. The molecule has 4 aromatic rings. The van der Waals surface area contributed by atoms with Gasteiger partial charge in [-0.3, -0.25) is 5.32 Å². The first-order valence-electron chi connectivity index (χ1n) is 13.5. The number of rotatable bonds is 3. The van der Waals surface area contributed by atoms with Crippen LogP contribution < -0.4 is 10.1 Å². The van der Waals surface area contributed by atoms with Gasteiger partial charge in [-0.05, 0) is 65.9 Å². The number of hydrogen-bond donors (Lipinski definition) is 3. The molecule has 3 heterocycles. The number of carbonyl (C=O) groups is 2. The number of hydrogen-bond acceptors (Lipinski definition) is 6. The number of nitrogens with zero attached hydrogens (tertiary/aromatic N) is 3. The van der Waals surface area contributed by atoms with Gasteiger partial charge in [0.25, 0.3) is 0 Å². The van der Waals surface area contributed by atoms with Gasteiger partial charge >= 0.3 is 12.1 Å². The van der Waals surface area contributed by atoms with Crippen molar-refractivity contribution in [2.45, 2.75) is 31.5 Å². The Balaban J connectivity index is 1.24. The summed E-state index contributed by atoms with van der Waals surface area (Å²) < 4.78 is 24.2. The molecule has 0 bridgehead atoms. The molecule has 0 spiro atoms. The zero-order valence-corrected chi connectivity index (χ0v) is 22.5. The Kier molecular flexibility index (Phi) is 7.19. The summed E-state index contributed by atoms with van der Waals surface area (Å²) in [7, 11) is 1.29. The van der Waals surface area contributed by atoms with E-state index in [1.54, 1.807) is 21.9 Å². The second-order valence-corrected chi connectivity index (χ2v) is 10.2. The monoisotopic (exact) mass is 559 g/mol. The van der Waals surface area contributed by atoms with Gasteiger partial charge in [-0.2, -0.15) is 0 Å². The number of aliphatic hydroxyl groups excluding tert-OH is 1. The summed E-state index contributed by atoms with van der Waals surface area (Å²) in [5.74, 6) is 0.668. The van der Waals surface area contributed by atoms with Gasteiger partial charge in [-0.15, -0.1) is 0 Å². The molecule has 2 aliphatic heterocycles. The summed E-state index contributed by atoms with van der Waals surface area (Å²) in [6, 6.07) is 17.3. The standard InChI is InChI=1S/C30H30FN5O5/c1-40-29(38)34-28-32-24-8-4-20(15-25(24)33-28)19-5-9-27-21(14-19)17-35(12-13-41-27)30(39)36-11-10-23(37)16-26(36)18-2-6-22(31)7-3-18/h2-9,14-15,23,26,37H,10-13,16-17H2,1H3,(H2,32,33,34,38)/t23-,26+/m0/s1. The van der Waals surface area contributed by atoms with Crippen LogP contribution in [0.2, 0.25) is 0 Å². The van der Waals surface area contributed by atoms with E-state index in [0.717, 1.165) is 33.5 Å². The number of methoxy groups -OCH3 is 1. The van der Waals surface area contributed by atoms with E-state index in [-0.39, 0.29) is 23.8 Å². The number of piperidine rings is 1. The van der Waals surface area contributed by atoms with Crippen molar-refractivity contribution in [3.8, 4) is 16.9 Å². The Bertz CT molecular complexity index is 1590. The highest BCUT2D eigenvalue weighted by Gasteiger charge is 2.35. The lowest BCUT2D eigenvalue weighted by molar-refractivity contribution is 0.0456. The second-order valence-electron chi connectivity index (χ2n) is 10.2. The van der Waals surface area contributed by atoms with Crippen molar-refractivity contribution in [3.63, 3.8) is 0 Å². The van der Waals surface area contributed by atoms with Crippen molar-refractivity contribution in [3.05, 3.63) is 77.6 Å². The minimum atomic E-state index is -0.612. The van der Waals surface area contributed by atoms with Crippen molar-refractivity contribution in [2.24, 2.45) is 0 Å². The molecule has 1 aromatic heterocycles. The zero-order valence-electron chi connectivity index (χ0n) is 22.5. The molecule has 3 aromatic carbocycles. The quantitative estimate of drug-likeness (QED) is 0.323. The van der Waals surface area contributed by atoms with Crippen LogP contribution in [0.5, 0.6) is 5.75 Å². The molecule has 0 saturated carbocycles. The number of H-pyrrole nitrogens is 1. The first-order chi connectivity index (χ1) is 19.9. The van der Waals surface area contributed by atoms with Gasteiger partial charge in [0.2, 0.25) is 5.95 Å². The van der Waals surface area contributed by atoms with Crippen LogP contribution in [0.15, 0.2) is 60.7 Å². The minimum Gasteiger partial charge on any atom is -0.491 e. The maximum atomic E-state index is 13.9. The number of carbonyl (C=O) groups excluding carboxylic acids is 2. The molecule has 1 saturated heterocycles. The van der Waals surface area contributed by atoms with Gasteiger partial charge in [0.05, 0.1) is 43.4 Å². The molecule has 0 aliphatic carbocycles. The third kappa shape index (κ3) is 5.53. The number of anilines is 1. The van der Waals surface area contributed by atoms with Gasteiger partial charge in [0.15, 0.2) is 0 Å². The van der Waals surface area contributed by atoms with E-state index in [1.165, 1.54) is 19.2 Å². The highest BCUT2D eigenvalue weighted by atomic mass is 19.1. The van der Waals surface area contributed by atoms with Gasteiger partial charge in [0, 0.05) is 12.1 Å². The van der Waals surface area contributed by atoms with Crippen LogP contribution in [0.4, 0.5) is 19.9 Å². The highest BCUT2D eigenvalue weighted by Crippen LogP contribution is 2.35. The van der Waals surface area contributed by atoms with Gasteiger partial charge in [0.1, 0.15) is 18.2 Å². The average Bonchev–Trinajstić information content (AvgIpc) is 3.25. The predicted octanol–water partition coefficient (Wildman–Crippen LogP) is 5.06. The van der Waals surface area contributed by atoms with Crippen LogP contribution in [-0.4, -0.2) is 69.9 Å². The number of ether oxygens (including phenoxy) is 2. The Morgan fingerprint density at radius 2 is 1.88 bits per heavy atom. The van der Waals surface area contributed by atoms with Crippen molar-refractivity contribution in [1.29, 1.82) is 0 Å². The fourth-order valence-electron chi connectivity index (χ4n) is 5.49. The number of fused-ring (bicyclic) bond motifs is 2. The fraction of sp³-hybridized carbons (Fsp3) is 0.300. The molecular formula is C30H30FN5O5. The van der Waals surface area contributed by atoms with Crippen molar-refractivity contribution < 1.29 is 28.6 Å². The lowest BCUT2D eigenvalue weighted by Gasteiger charge is -2.40. The summed E-state index contributed by atoms with van der Waals surface area (Å²) in [6.45, 7) is 1.52. The molecule has 41 heavy (non-hydrogen) atoms. The number of benzene rings is 3. The topological polar surface area (TPSA) is 120 Å². The van der Waals surface area contributed by atoms with E-state index in [2.05, 4.69) is 20.0 Å². The Morgan fingerprint density at radius 1 is 1.10 bits per heavy atom. The lowest BCUT2D eigenvalue weighted by atomic mass is 9.93. The first kappa shape index (κ1) is 26.6. The second kappa shape index (κ2) is 11.1. The number of aromatic amines is 1. The third-order valence-corrected chi connectivity index (χ3v) is 7.61. The Labute approximate surface area is 235 Å². The molecule has 2 atom stereocenters. The largest absolute Gasteiger partial charge is 0.491 e. The van der Waals surface area contributed by atoms with E-state index in [1.807, 2.05) is 36.4 Å². The van der Waals surface area contributed by atoms with E-state index in [9.17, 15) is 19.1 Å². The molecule has 1 fully saturated rings. The maximum Gasteiger partial charge on any atom is 0.413 e. The van der Waals surface area contributed by atoms with E-state index < -0.39 is 12.2 Å². The minimum absolute atomic E-state index is 0.142. The van der Waals surface area contributed by atoms with Crippen LogP contribution in [0, 0.1) is 5.82 Å². The lowest BCUT2D eigenvalue weighted by Crippen LogP contribution is -2.49. The van der Waals surface area contributed by atoms with Crippen LogP contribution in [0.3, 0.4) is 0 Å². The summed E-state index contributed by atoms with van der Waals surface area (Å²) in [5.41, 5.74) is 4.96. The van der Waals surface area contributed by atoms with Crippen molar-refractivity contribution in [2.75, 3.05) is 32.1 Å². The SMILES string of the molecule is COC(=O)Nc1nc2cc(-c3ccc4c(c3)CN(C(=O)N3CC[C@H](O)C[C@@H]3c3ccc(F)cc3)CCO4)ccc2[nH]1. The molecule has 11 heteroatoms. The molecule has 3 N–H and O–H groups in total. The number of urea groups is 1. The normalized spacial score (nSPS) is 18.8. The number of aromatic nitrogens is 2. The van der Waals surface area contributed by atoms with E-state index >= 15 is 0 Å². The van der Waals surface area contributed by atoms with Gasteiger partial charge in [-0.25, -0.2) is 19.0 Å². The van der Waals surface area contributed by atoms with Crippen LogP contribution in [0.1, 0.15) is 30.0 Å². The van der Waals surface area contributed by atoms with Crippen LogP contribution in [-0.2, 0) is 11.3 Å². The summed E-state index contributed by atoms with van der Waals surface area (Å²) >= 11 is 0. The smallest absolute Gasteiger partial charge is 0.413 e. The molecule has 10 nitrogen and oxygen atoms in total. The number of amides is 3. The maximum absolute atomic E-state index is 13.9. The molecule has 0 unspecified atom stereocenters. The summed E-state index contributed by atoms with van der Waals surface area (Å²) in [5, 5.41) is 12.9. The van der Waals surface area contributed by atoms with Crippen molar-refractivity contribution in [1.82, 2.24) is 19.8 Å². The average molecular weight is 560 g/mol. The number of nitrogens with one attached hydrogen (secondary N) is 2. The molecule has 3 amide bonds. The molecule has 212 valence electrons. The number of halogens is 1. The zero-order chi connectivity index (χ0) is 28.5. The van der Waals surface area contributed by atoms with Crippen molar-refractivity contribution >= 4 is 29.1 Å².